The Bertz CT molecular complexity index is 437. The number of rotatable bonds is 6. The normalized spacial score (nSPS) is 13.1. The molecule has 1 heterocycles. The molecule has 1 unspecified atom stereocenters. The summed E-state index contributed by atoms with van der Waals surface area (Å²) < 4.78 is 2.07. The quantitative estimate of drug-likeness (QED) is 0.824. The van der Waals surface area contributed by atoms with Crippen molar-refractivity contribution in [2.75, 3.05) is 20.1 Å². The molecule has 114 valence electrons. The van der Waals surface area contributed by atoms with Crippen LogP contribution in [-0.4, -0.2) is 51.3 Å². The smallest absolute Gasteiger partial charge is 0.317 e. The molecule has 0 spiro atoms. The summed E-state index contributed by atoms with van der Waals surface area (Å²) >= 11 is 0. The Morgan fingerprint density at radius 2 is 2.25 bits per heavy atom. The average molecular weight is 282 g/mol. The zero-order chi connectivity index (χ0) is 15.3. The van der Waals surface area contributed by atoms with Crippen LogP contribution in [0.3, 0.4) is 0 Å². The first-order chi connectivity index (χ1) is 9.19. The van der Waals surface area contributed by atoms with Gasteiger partial charge in [-0.2, -0.15) is 0 Å². The first-order valence-electron chi connectivity index (χ1n) is 6.88. The van der Waals surface area contributed by atoms with Gasteiger partial charge in [-0.05, 0) is 26.7 Å². The number of urea groups is 1. The summed E-state index contributed by atoms with van der Waals surface area (Å²) in [4.78, 5) is 17.5. The van der Waals surface area contributed by atoms with Crippen LogP contribution < -0.4 is 5.32 Å². The Morgan fingerprint density at radius 1 is 1.60 bits per heavy atom. The number of carbonyl (C=O) groups excluding carboxylic acids is 1. The second-order valence-corrected chi connectivity index (χ2v) is 6.09. The van der Waals surface area contributed by atoms with E-state index < -0.39 is 5.60 Å². The molecule has 6 nitrogen and oxygen atoms in total. The highest BCUT2D eigenvalue weighted by Gasteiger charge is 2.19. The number of imidazole rings is 1. The highest BCUT2D eigenvalue weighted by Crippen LogP contribution is 2.05. The molecule has 0 aliphatic heterocycles. The molecule has 0 saturated carbocycles. The molecule has 0 aliphatic rings. The minimum atomic E-state index is -0.883. The molecule has 0 fully saturated rings. The Hall–Kier alpha value is -1.56. The molecule has 0 bridgehead atoms. The van der Waals surface area contributed by atoms with Crippen LogP contribution in [0.15, 0.2) is 12.4 Å². The van der Waals surface area contributed by atoms with E-state index in [1.54, 1.807) is 27.1 Å². The van der Waals surface area contributed by atoms with Crippen molar-refractivity contribution in [3.05, 3.63) is 18.2 Å². The van der Waals surface area contributed by atoms with E-state index in [-0.39, 0.29) is 6.03 Å². The second-order valence-electron chi connectivity index (χ2n) is 6.09. The standard InChI is InChI=1S/C14H26N4O2/c1-11(9-18-7-6-15-12(18)2)8-16-13(19)17(5)10-14(3,4)20/h6-7,11,20H,8-10H2,1-5H3,(H,16,19). The lowest BCUT2D eigenvalue weighted by atomic mass is 10.1. The van der Waals surface area contributed by atoms with Crippen LogP contribution in [0, 0.1) is 12.8 Å². The third-order valence-electron chi connectivity index (χ3n) is 3.00. The lowest BCUT2D eigenvalue weighted by Gasteiger charge is -2.26. The van der Waals surface area contributed by atoms with Crippen LogP contribution in [0.1, 0.15) is 26.6 Å². The predicted molar refractivity (Wildman–Crippen MR) is 78.5 cm³/mol. The number of aromatic nitrogens is 2. The van der Waals surface area contributed by atoms with E-state index in [1.165, 1.54) is 4.90 Å². The Morgan fingerprint density at radius 3 is 2.75 bits per heavy atom. The minimum absolute atomic E-state index is 0.165. The van der Waals surface area contributed by atoms with Gasteiger partial charge in [0.25, 0.3) is 0 Å². The van der Waals surface area contributed by atoms with Crippen LogP contribution in [0.2, 0.25) is 0 Å². The number of amides is 2. The van der Waals surface area contributed by atoms with Gasteiger partial charge in [0, 0.05) is 32.5 Å². The number of carbonyl (C=O) groups is 1. The van der Waals surface area contributed by atoms with Gasteiger partial charge in [-0.15, -0.1) is 0 Å². The van der Waals surface area contributed by atoms with Crippen molar-refractivity contribution >= 4 is 6.03 Å². The fourth-order valence-corrected chi connectivity index (χ4v) is 2.05. The summed E-state index contributed by atoms with van der Waals surface area (Å²) in [5, 5.41) is 12.6. The number of likely N-dealkylation sites (N-methyl/N-ethyl adjacent to an activating group) is 1. The molecule has 0 aromatic carbocycles. The first-order valence-corrected chi connectivity index (χ1v) is 6.88. The predicted octanol–water partition coefficient (Wildman–Crippen LogP) is 1.24. The van der Waals surface area contributed by atoms with Gasteiger partial charge in [0.05, 0.1) is 12.1 Å². The summed E-state index contributed by atoms with van der Waals surface area (Å²) in [6, 6.07) is -0.165. The van der Waals surface area contributed by atoms with Crippen molar-refractivity contribution in [3.63, 3.8) is 0 Å². The van der Waals surface area contributed by atoms with Gasteiger partial charge in [0.2, 0.25) is 0 Å². The van der Waals surface area contributed by atoms with Gasteiger partial charge in [-0.3, -0.25) is 0 Å². The van der Waals surface area contributed by atoms with Crippen molar-refractivity contribution in [3.8, 4) is 0 Å². The van der Waals surface area contributed by atoms with Crippen LogP contribution in [-0.2, 0) is 6.54 Å². The van der Waals surface area contributed by atoms with Crippen molar-refractivity contribution < 1.29 is 9.90 Å². The van der Waals surface area contributed by atoms with Crippen molar-refractivity contribution in [2.45, 2.75) is 39.8 Å². The Labute approximate surface area is 120 Å². The fourth-order valence-electron chi connectivity index (χ4n) is 2.05. The molecule has 0 aliphatic carbocycles. The Balaban J connectivity index is 2.35. The van der Waals surface area contributed by atoms with Gasteiger partial charge in [-0.1, -0.05) is 6.92 Å². The van der Waals surface area contributed by atoms with Gasteiger partial charge in [-0.25, -0.2) is 9.78 Å². The fraction of sp³-hybridized carbons (Fsp3) is 0.714. The monoisotopic (exact) mass is 282 g/mol. The van der Waals surface area contributed by atoms with Gasteiger partial charge < -0.3 is 19.9 Å². The van der Waals surface area contributed by atoms with Gasteiger partial charge in [0.1, 0.15) is 5.82 Å². The van der Waals surface area contributed by atoms with Gasteiger partial charge in [0.15, 0.2) is 0 Å². The molecule has 0 saturated heterocycles. The zero-order valence-electron chi connectivity index (χ0n) is 13.1. The summed E-state index contributed by atoms with van der Waals surface area (Å²) in [7, 11) is 1.68. The number of nitrogens with zero attached hydrogens (tertiary/aromatic N) is 3. The number of hydrogen-bond acceptors (Lipinski definition) is 3. The molecular formula is C14H26N4O2. The van der Waals surface area contributed by atoms with E-state index in [1.807, 2.05) is 13.1 Å². The van der Waals surface area contributed by atoms with Crippen LogP contribution in [0.5, 0.6) is 0 Å². The van der Waals surface area contributed by atoms with E-state index >= 15 is 0 Å². The summed E-state index contributed by atoms with van der Waals surface area (Å²) in [5.41, 5.74) is -0.883. The second kappa shape index (κ2) is 6.74. The van der Waals surface area contributed by atoms with Crippen molar-refractivity contribution in [1.29, 1.82) is 0 Å². The van der Waals surface area contributed by atoms with Crippen molar-refractivity contribution in [1.82, 2.24) is 19.8 Å². The lowest BCUT2D eigenvalue weighted by molar-refractivity contribution is 0.0531. The van der Waals surface area contributed by atoms with Crippen molar-refractivity contribution in [2.24, 2.45) is 5.92 Å². The molecule has 0 radical (unpaired) electrons. The van der Waals surface area contributed by atoms with Crippen LogP contribution in [0.25, 0.3) is 0 Å². The highest BCUT2D eigenvalue weighted by molar-refractivity contribution is 5.73. The summed E-state index contributed by atoms with van der Waals surface area (Å²) in [6.07, 6.45) is 3.71. The molecule has 1 atom stereocenters. The lowest BCUT2D eigenvalue weighted by Crippen LogP contribution is -2.45. The van der Waals surface area contributed by atoms with E-state index in [0.717, 1.165) is 12.4 Å². The number of aliphatic hydroxyl groups is 1. The summed E-state index contributed by atoms with van der Waals surface area (Å²) in [5.74, 6) is 1.28. The third kappa shape index (κ3) is 5.61. The van der Waals surface area contributed by atoms with Gasteiger partial charge >= 0.3 is 6.03 Å². The zero-order valence-corrected chi connectivity index (χ0v) is 13.1. The largest absolute Gasteiger partial charge is 0.389 e. The first kappa shape index (κ1) is 16.5. The maximum atomic E-state index is 11.9. The maximum Gasteiger partial charge on any atom is 0.317 e. The average Bonchev–Trinajstić information content (AvgIpc) is 2.69. The molecule has 2 amide bonds. The summed E-state index contributed by atoms with van der Waals surface area (Å²) in [6.45, 7) is 9.11. The Kier molecular flexibility index (Phi) is 5.56. The molecule has 2 N–H and O–H groups in total. The van der Waals surface area contributed by atoms with Crippen LogP contribution in [0.4, 0.5) is 4.79 Å². The number of aryl methyl sites for hydroxylation is 1. The molecule has 1 aromatic heterocycles. The molecule has 1 aromatic rings. The molecule has 1 rings (SSSR count). The molecular weight excluding hydrogens is 256 g/mol. The molecule has 6 heteroatoms. The molecule has 20 heavy (non-hydrogen) atoms. The number of hydrogen-bond donors (Lipinski definition) is 2. The minimum Gasteiger partial charge on any atom is -0.389 e. The number of nitrogens with one attached hydrogen (secondary N) is 1. The van der Waals surface area contributed by atoms with E-state index in [9.17, 15) is 9.90 Å². The maximum absolute atomic E-state index is 11.9. The van der Waals surface area contributed by atoms with Crippen LogP contribution >= 0.6 is 0 Å². The van der Waals surface area contributed by atoms with E-state index in [4.69, 9.17) is 0 Å². The van der Waals surface area contributed by atoms with E-state index in [0.29, 0.717) is 19.0 Å². The SMILES string of the molecule is Cc1nccn1CC(C)CNC(=O)N(C)CC(C)(C)O. The van der Waals surface area contributed by atoms with E-state index in [2.05, 4.69) is 21.8 Å². The topological polar surface area (TPSA) is 70.4 Å². The third-order valence-corrected chi connectivity index (χ3v) is 3.00. The highest BCUT2D eigenvalue weighted by atomic mass is 16.3.